The summed E-state index contributed by atoms with van der Waals surface area (Å²) in [5.41, 5.74) is 0.401. The lowest BCUT2D eigenvalue weighted by Crippen LogP contribution is -2.58. The van der Waals surface area contributed by atoms with E-state index in [2.05, 4.69) is 5.87 Å². The Balaban J connectivity index is 2.47. The van der Waals surface area contributed by atoms with Crippen LogP contribution in [0.15, 0.2) is 11.6 Å². The van der Waals surface area contributed by atoms with Crippen LogP contribution < -0.4 is 0 Å². The second kappa shape index (κ2) is 3.78. The van der Waals surface area contributed by atoms with Gasteiger partial charge in [-0.3, -0.25) is 9.59 Å². The summed E-state index contributed by atoms with van der Waals surface area (Å²) in [6.07, 6.45) is 1.30. The summed E-state index contributed by atoms with van der Waals surface area (Å²) in [4.78, 5) is 35.7. The van der Waals surface area contributed by atoms with Crippen LogP contribution in [0.1, 0.15) is 20.8 Å². The average Bonchev–Trinajstić information content (AvgIpc) is 2.42. The Bertz CT molecular complexity index is 520. The van der Waals surface area contributed by atoms with Crippen molar-refractivity contribution in [2.45, 2.75) is 36.9 Å². The zero-order valence-corrected chi connectivity index (χ0v) is 11.3. The van der Waals surface area contributed by atoms with Crippen LogP contribution in [0.3, 0.4) is 0 Å². The fourth-order valence-corrected chi connectivity index (χ4v) is 4.57. The number of carboxylic acid groups (broad SMARTS) is 1. The van der Waals surface area contributed by atoms with Gasteiger partial charge >= 0.3 is 5.97 Å². The lowest BCUT2D eigenvalue weighted by molar-refractivity contribution is -0.152. The Morgan fingerprint density at radius 2 is 2.06 bits per heavy atom. The van der Waals surface area contributed by atoms with Gasteiger partial charge in [0.25, 0.3) is 5.91 Å². The smallest absolute Gasteiger partial charge is 0.327 e. The minimum atomic E-state index is -1.01. The highest BCUT2D eigenvalue weighted by Crippen LogP contribution is 2.56. The monoisotopic (exact) mass is 269 g/mol. The molecule has 2 fully saturated rings. The molecule has 0 spiro atoms. The van der Waals surface area contributed by atoms with E-state index in [1.54, 1.807) is 13.8 Å². The molecule has 0 aromatic carbocycles. The summed E-state index contributed by atoms with van der Waals surface area (Å²) in [5.74, 6) is 2.45. The summed E-state index contributed by atoms with van der Waals surface area (Å²) in [6, 6.07) is -0.861. The van der Waals surface area contributed by atoms with Gasteiger partial charge in [0.1, 0.15) is 11.4 Å². The maximum atomic E-state index is 11.9. The normalized spacial score (nSPS) is 35.3. The van der Waals surface area contributed by atoms with Crippen molar-refractivity contribution >= 4 is 34.0 Å². The number of rotatable bonds is 2. The number of β-lactam (4-membered cyclic amide) rings is 1. The molecule has 2 rings (SSSR count). The number of hydrogen-bond acceptors (Lipinski definition) is 3. The number of carbonyl (C=O) groups excluding carboxylic acids is 2. The first-order valence-corrected chi connectivity index (χ1v) is 6.95. The maximum Gasteiger partial charge on any atom is 0.327 e. The SMILES string of the molecule is C=S1[C@@H]2/C(=C/C(C)=O)C(=O)N2[C@@H](C(=O)O)C1(C)C. The number of aliphatic carboxylic acids is 1. The largest absolute Gasteiger partial charge is 0.480 e. The zero-order valence-electron chi connectivity index (χ0n) is 10.5. The molecule has 0 saturated carbocycles. The van der Waals surface area contributed by atoms with Gasteiger partial charge < -0.3 is 10.0 Å². The molecule has 18 heavy (non-hydrogen) atoms. The third-order valence-electron chi connectivity index (χ3n) is 3.47. The number of carbonyl (C=O) groups is 3. The van der Waals surface area contributed by atoms with Crippen LogP contribution in [0.25, 0.3) is 0 Å². The summed E-state index contributed by atoms with van der Waals surface area (Å²) in [6.45, 7) is 4.98. The number of nitrogens with zero attached hydrogens (tertiary/aromatic N) is 1. The first-order chi connectivity index (χ1) is 8.19. The fourth-order valence-electron chi connectivity index (χ4n) is 2.52. The van der Waals surface area contributed by atoms with E-state index in [-0.39, 0.29) is 17.1 Å². The second-order valence-corrected chi connectivity index (χ2v) is 7.40. The maximum absolute atomic E-state index is 11.9. The molecule has 5 nitrogen and oxygen atoms in total. The molecular weight excluding hydrogens is 254 g/mol. The molecule has 0 radical (unpaired) electrons. The third-order valence-corrected chi connectivity index (χ3v) is 6.07. The molecule has 6 heteroatoms. The number of carboxylic acids is 1. The van der Waals surface area contributed by atoms with E-state index in [1.807, 2.05) is 0 Å². The lowest BCUT2D eigenvalue weighted by atomic mass is 9.95. The summed E-state index contributed by atoms with van der Waals surface area (Å²) >= 11 is 0. The van der Waals surface area contributed by atoms with Crippen molar-refractivity contribution < 1.29 is 19.5 Å². The molecular formula is C12H15NO4S. The molecule has 0 bridgehead atoms. The molecule has 98 valence electrons. The van der Waals surface area contributed by atoms with Crippen molar-refractivity contribution in [3.8, 4) is 0 Å². The molecule has 0 aliphatic carbocycles. The molecule has 1 amide bonds. The van der Waals surface area contributed by atoms with Gasteiger partial charge in [0.15, 0.2) is 5.78 Å². The number of amides is 1. The molecule has 2 heterocycles. The molecule has 2 aliphatic rings. The molecule has 1 unspecified atom stereocenters. The van der Waals surface area contributed by atoms with Crippen molar-refractivity contribution in [3.63, 3.8) is 0 Å². The van der Waals surface area contributed by atoms with Crippen molar-refractivity contribution in [3.05, 3.63) is 11.6 Å². The summed E-state index contributed by atoms with van der Waals surface area (Å²) in [7, 11) is -0.535. The predicted octanol–water partition coefficient (Wildman–Crippen LogP) is 0.616. The van der Waals surface area contributed by atoms with Crippen LogP contribution in [0.4, 0.5) is 0 Å². The second-order valence-electron chi connectivity index (χ2n) is 5.05. The van der Waals surface area contributed by atoms with Gasteiger partial charge in [0.05, 0.1) is 5.57 Å². The average molecular weight is 269 g/mol. The van der Waals surface area contributed by atoms with Crippen LogP contribution in [0, 0.1) is 0 Å². The van der Waals surface area contributed by atoms with Gasteiger partial charge in [-0.15, -0.1) is 0 Å². The van der Waals surface area contributed by atoms with Crippen LogP contribution in [-0.4, -0.2) is 49.7 Å². The van der Waals surface area contributed by atoms with Gasteiger partial charge in [0, 0.05) is 4.75 Å². The van der Waals surface area contributed by atoms with Crippen LogP contribution >= 0.6 is 10.5 Å². The molecule has 1 N–H and O–H groups in total. The Labute approximate surface area is 107 Å². The summed E-state index contributed by atoms with van der Waals surface area (Å²) in [5, 5.41) is 8.95. The highest BCUT2D eigenvalue weighted by atomic mass is 32.2. The van der Waals surface area contributed by atoms with E-state index in [1.165, 1.54) is 17.9 Å². The first kappa shape index (κ1) is 13.0. The number of fused-ring (bicyclic) bond motifs is 1. The van der Waals surface area contributed by atoms with E-state index < -0.39 is 27.2 Å². The van der Waals surface area contributed by atoms with E-state index in [9.17, 15) is 19.5 Å². The molecule has 2 saturated heterocycles. The molecule has 3 atom stereocenters. The highest BCUT2D eigenvalue weighted by molar-refractivity contribution is 8.16. The molecule has 0 aromatic heterocycles. The minimum absolute atomic E-state index is 0.202. The number of ketones is 1. The third kappa shape index (κ3) is 1.48. The lowest BCUT2D eigenvalue weighted by Gasteiger charge is -2.39. The van der Waals surface area contributed by atoms with Crippen molar-refractivity contribution in [2.75, 3.05) is 0 Å². The van der Waals surface area contributed by atoms with E-state index in [4.69, 9.17) is 0 Å². The van der Waals surface area contributed by atoms with Gasteiger partial charge in [-0.1, -0.05) is 5.87 Å². The van der Waals surface area contributed by atoms with Crippen molar-refractivity contribution in [1.82, 2.24) is 4.90 Å². The number of hydrogen-bond donors (Lipinski definition) is 1. The Hall–Kier alpha value is -1.43. The fraction of sp³-hybridized carbons (Fsp3) is 0.500. The van der Waals surface area contributed by atoms with Gasteiger partial charge in [-0.05, 0) is 26.8 Å². The molecule has 2 aliphatic heterocycles. The minimum Gasteiger partial charge on any atom is -0.480 e. The van der Waals surface area contributed by atoms with Crippen LogP contribution in [0.5, 0.6) is 0 Å². The van der Waals surface area contributed by atoms with E-state index in [0.717, 1.165) is 0 Å². The van der Waals surface area contributed by atoms with Crippen molar-refractivity contribution in [2.24, 2.45) is 0 Å². The summed E-state index contributed by atoms with van der Waals surface area (Å²) < 4.78 is -0.585. The Kier molecular flexibility index (Phi) is 2.73. The van der Waals surface area contributed by atoms with Crippen molar-refractivity contribution in [1.29, 1.82) is 0 Å². The van der Waals surface area contributed by atoms with E-state index >= 15 is 0 Å². The van der Waals surface area contributed by atoms with E-state index in [0.29, 0.717) is 5.57 Å². The topological polar surface area (TPSA) is 74.7 Å². The Morgan fingerprint density at radius 3 is 2.50 bits per heavy atom. The highest BCUT2D eigenvalue weighted by Gasteiger charge is 2.62. The quantitative estimate of drug-likeness (QED) is 0.453. The molecule has 0 aromatic rings. The predicted molar refractivity (Wildman–Crippen MR) is 69.6 cm³/mol. The first-order valence-electron chi connectivity index (χ1n) is 5.50. The van der Waals surface area contributed by atoms with Crippen LogP contribution in [-0.2, 0) is 14.4 Å². The Morgan fingerprint density at radius 1 is 1.50 bits per heavy atom. The zero-order chi connectivity index (χ0) is 13.8. The van der Waals surface area contributed by atoms with Gasteiger partial charge in [-0.2, -0.15) is 10.5 Å². The van der Waals surface area contributed by atoms with Gasteiger partial charge in [0.2, 0.25) is 0 Å². The number of allylic oxidation sites excluding steroid dienone is 1. The standard InChI is InChI=1S/C12H15NO4S/c1-6(14)5-7-9(15)13-8(11(16)17)12(2,3)18(4)10(7)13/h5,8,10H,4H2,1-3H3,(H,16,17)/b7-5+/t8-,10+,18?/m0/s1. The van der Waals surface area contributed by atoms with Gasteiger partial charge in [-0.25, -0.2) is 4.79 Å². The van der Waals surface area contributed by atoms with Crippen LogP contribution in [0.2, 0.25) is 0 Å².